The van der Waals surface area contributed by atoms with Crippen LogP contribution in [0.5, 0.6) is 0 Å². The summed E-state index contributed by atoms with van der Waals surface area (Å²) in [6, 6.07) is 2.63. The van der Waals surface area contributed by atoms with Gasteiger partial charge in [-0.15, -0.1) is 0 Å². The molecule has 3 N–H and O–H groups in total. The molecule has 0 aromatic carbocycles. The topological polar surface area (TPSA) is 109 Å². The molecular weight excluding hydrogens is 276 g/mol. The Bertz CT molecular complexity index is 531. The van der Waals surface area contributed by atoms with E-state index in [0.717, 1.165) is 0 Å². The third-order valence-corrected chi connectivity index (χ3v) is 3.08. The number of pyridine rings is 1. The van der Waals surface area contributed by atoms with E-state index < -0.39 is 24.2 Å². The lowest BCUT2D eigenvalue weighted by molar-refractivity contribution is -0.141. The smallest absolute Gasteiger partial charge is 0.306 e. The summed E-state index contributed by atoms with van der Waals surface area (Å²) >= 11 is 0. The first-order chi connectivity index (χ1) is 10.1. The fourth-order valence-corrected chi connectivity index (χ4v) is 2.05. The maximum absolute atomic E-state index is 12.0. The molecule has 0 aliphatic carbocycles. The van der Waals surface area contributed by atoms with Crippen LogP contribution >= 0.6 is 0 Å². The van der Waals surface area contributed by atoms with E-state index in [4.69, 9.17) is 9.84 Å². The lowest BCUT2D eigenvalue weighted by Gasteiger charge is -2.31. The van der Waals surface area contributed by atoms with Crippen LogP contribution in [0.15, 0.2) is 36.7 Å². The minimum absolute atomic E-state index is 0.183. The van der Waals surface area contributed by atoms with Gasteiger partial charge < -0.3 is 20.3 Å². The molecule has 0 bridgehead atoms. The first kappa shape index (κ1) is 15.1. The van der Waals surface area contributed by atoms with E-state index in [1.54, 1.807) is 24.3 Å². The van der Waals surface area contributed by atoms with Gasteiger partial charge >= 0.3 is 5.97 Å². The largest absolute Gasteiger partial charge is 0.481 e. The standard InChI is InChI=1S/C14H16N2O5/c17-8-12-11(2-1-10(21-12)7-13(18)19)16-14(20)9-3-5-15-6-4-9/h1-6,10-12,17H,7-8H2,(H,16,20)(H,18,19)/t10-,11-,12+/m0/s1. The summed E-state index contributed by atoms with van der Waals surface area (Å²) in [4.78, 5) is 26.5. The number of aliphatic carboxylic acids is 1. The van der Waals surface area contributed by atoms with Crippen molar-refractivity contribution in [3.63, 3.8) is 0 Å². The average Bonchev–Trinajstić information content (AvgIpc) is 2.49. The highest BCUT2D eigenvalue weighted by Crippen LogP contribution is 2.16. The first-order valence-corrected chi connectivity index (χ1v) is 6.47. The molecule has 1 aromatic rings. The zero-order chi connectivity index (χ0) is 15.2. The summed E-state index contributed by atoms with van der Waals surface area (Å²) in [5.41, 5.74) is 0.447. The van der Waals surface area contributed by atoms with E-state index in [9.17, 15) is 14.7 Å². The molecule has 0 saturated heterocycles. The van der Waals surface area contributed by atoms with Crippen LogP contribution in [0.3, 0.4) is 0 Å². The molecule has 7 heteroatoms. The molecule has 21 heavy (non-hydrogen) atoms. The van der Waals surface area contributed by atoms with Crippen LogP contribution in [-0.4, -0.2) is 51.9 Å². The van der Waals surface area contributed by atoms with Gasteiger partial charge in [-0.1, -0.05) is 12.2 Å². The van der Waals surface area contributed by atoms with Gasteiger partial charge in [-0.05, 0) is 12.1 Å². The number of carbonyl (C=O) groups excluding carboxylic acids is 1. The Morgan fingerprint density at radius 3 is 2.62 bits per heavy atom. The number of aromatic nitrogens is 1. The number of rotatable bonds is 5. The van der Waals surface area contributed by atoms with Crippen LogP contribution in [0.2, 0.25) is 0 Å². The lowest BCUT2D eigenvalue weighted by atomic mass is 10.0. The van der Waals surface area contributed by atoms with Crippen LogP contribution in [0, 0.1) is 0 Å². The Morgan fingerprint density at radius 1 is 1.29 bits per heavy atom. The third kappa shape index (κ3) is 4.11. The van der Waals surface area contributed by atoms with E-state index in [0.29, 0.717) is 5.56 Å². The first-order valence-electron chi connectivity index (χ1n) is 6.47. The van der Waals surface area contributed by atoms with E-state index in [2.05, 4.69) is 10.3 Å². The normalized spacial score (nSPS) is 24.5. The molecule has 0 spiro atoms. The van der Waals surface area contributed by atoms with Gasteiger partial charge in [0.15, 0.2) is 0 Å². The van der Waals surface area contributed by atoms with Crippen LogP contribution < -0.4 is 5.32 Å². The second-order valence-electron chi connectivity index (χ2n) is 4.61. The number of ether oxygens (including phenoxy) is 1. The van der Waals surface area contributed by atoms with E-state index >= 15 is 0 Å². The van der Waals surface area contributed by atoms with Crippen LogP contribution in [-0.2, 0) is 9.53 Å². The lowest BCUT2D eigenvalue weighted by Crippen LogP contribution is -2.48. The Balaban J connectivity index is 2.02. The number of aliphatic hydroxyl groups is 1. The molecule has 1 aliphatic rings. The predicted octanol–water partition coefficient (Wildman–Crippen LogP) is -0.0294. The molecule has 3 atom stereocenters. The van der Waals surface area contributed by atoms with Gasteiger partial charge in [0.05, 0.1) is 25.2 Å². The van der Waals surface area contributed by atoms with E-state index in [-0.39, 0.29) is 18.9 Å². The molecule has 0 radical (unpaired) electrons. The van der Waals surface area contributed by atoms with Gasteiger partial charge in [0.2, 0.25) is 0 Å². The summed E-state index contributed by atoms with van der Waals surface area (Å²) < 4.78 is 5.45. The fraction of sp³-hybridized carbons (Fsp3) is 0.357. The van der Waals surface area contributed by atoms with Crippen LogP contribution in [0.25, 0.3) is 0 Å². The highest BCUT2D eigenvalue weighted by atomic mass is 16.5. The van der Waals surface area contributed by atoms with Crippen molar-refractivity contribution >= 4 is 11.9 Å². The maximum Gasteiger partial charge on any atom is 0.306 e. The summed E-state index contributed by atoms with van der Waals surface area (Å²) in [6.07, 6.45) is 4.79. The second-order valence-corrected chi connectivity index (χ2v) is 4.61. The van der Waals surface area contributed by atoms with Crippen molar-refractivity contribution < 1.29 is 24.5 Å². The van der Waals surface area contributed by atoms with Gasteiger partial charge in [0.1, 0.15) is 6.10 Å². The molecule has 0 unspecified atom stereocenters. The second kappa shape index (κ2) is 6.96. The number of carboxylic acids is 1. The van der Waals surface area contributed by atoms with Crippen molar-refractivity contribution in [2.75, 3.05) is 6.61 Å². The highest BCUT2D eigenvalue weighted by Gasteiger charge is 2.29. The summed E-state index contributed by atoms with van der Waals surface area (Å²) in [5.74, 6) is -1.30. The molecule has 1 amide bonds. The molecule has 2 heterocycles. The monoisotopic (exact) mass is 292 g/mol. The maximum atomic E-state index is 12.0. The Labute approximate surface area is 121 Å². The van der Waals surface area contributed by atoms with E-state index in [1.165, 1.54) is 12.4 Å². The minimum atomic E-state index is -0.986. The predicted molar refractivity (Wildman–Crippen MR) is 72.6 cm³/mol. The van der Waals surface area contributed by atoms with Crippen molar-refractivity contribution in [3.8, 4) is 0 Å². The van der Waals surface area contributed by atoms with E-state index in [1.807, 2.05) is 0 Å². The van der Waals surface area contributed by atoms with Crippen molar-refractivity contribution in [1.82, 2.24) is 10.3 Å². The number of nitrogens with one attached hydrogen (secondary N) is 1. The number of carbonyl (C=O) groups is 2. The Hall–Kier alpha value is -2.25. The van der Waals surface area contributed by atoms with Gasteiger partial charge in [-0.2, -0.15) is 0 Å². The fourth-order valence-electron chi connectivity index (χ4n) is 2.05. The molecular formula is C14H16N2O5. The SMILES string of the molecule is O=C(O)C[C@@H]1C=C[C@H](NC(=O)c2ccncc2)[C@@H](CO)O1. The van der Waals surface area contributed by atoms with Gasteiger partial charge in [0, 0.05) is 18.0 Å². The summed E-state index contributed by atoms with van der Waals surface area (Å²) in [6.45, 7) is -0.318. The third-order valence-electron chi connectivity index (χ3n) is 3.08. The number of hydrogen-bond donors (Lipinski definition) is 3. The molecule has 112 valence electrons. The number of aliphatic hydroxyl groups excluding tert-OH is 1. The summed E-state index contributed by atoms with van der Waals surface area (Å²) in [7, 11) is 0. The molecule has 0 saturated carbocycles. The quantitative estimate of drug-likeness (QED) is 0.658. The van der Waals surface area contributed by atoms with Crippen molar-refractivity contribution in [1.29, 1.82) is 0 Å². The Kier molecular flexibility index (Phi) is 5.02. The Morgan fingerprint density at radius 2 is 2.00 bits per heavy atom. The van der Waals surface area contributed by atoms with Crippen molar-refractivity contribution in [2.45, 2.75) is 24.7 Å². The molecule has 1 aliphatic heterocycles. The highest BCUT2D eigenvalue weighted by molar-refractivity contribution is 5.94. The van der Waals surface area contributed by atoms with Gasteiger partial charge in [-0.3, -0.25) is 14.6 Å². The molecule has 2 rings (SSSR count). The van der Waals surface area contributed by atoms with Crippen LogP contribution in [0.4, 0.5) is 0 Å². The number of hydrogen-bond acceptors (Lipinski definition) is 5. The molecule has 1 aromatic heterocycles. The molecule has 0 fully saturated rings. The minimum Gasteiger partial charge on any atom is -0.481 e. The van der Waals surface area contributed by atoms with Crippen molar-refractivity contribution in [2.24, 2.45) is 0 Å². The zero-order valence-electron chi connectivity index (χ0n) is 11.2. The average molecular weight is 292 g/mol. The van der Waals surface area contributed by atoms with Crippen molar-refractivity contribution in [3.05, 3.63) is 42.2 Å². The van der Waals surface area contributed by atoms with Crippen LogP contribution in [0.1, 0.15) is 16.8 Å². The zero-order valence-corrected chi connectivity index (χ0v) is 11.2. The molecule has 7 nitrogen and oxygen atoms in total. The number of nitrogens with zero attached hydrogens (tertiary/aromatic N) is 1. The number of amides is 1. The summed E-state index contributed by atoms with van der Waals surface area (Å²) in [5, 5.41) is 20.8. The van der Waals surface area contributed by atoms with Gasteiger partial charge in [0.25, 0.3) is 5.91 Å². The number of carboxylic acid groups (broad SMARTS) is 1. The van der Waals surface area contributed by atoms with Gasteiger partial charge in [-0.25, -0.2) is 0 Å².